The molecule has 0 saturated heterocycles. The number of halogens is 1. The standard InChI is InChI=1S/C38H47FN2O7/c1-5-7-9-10-11-12-13-14-15-25-46-30-21-17-28(18-22-30)29-19-23-31(24-20-29)47-37(42)32-26-35(41(44)45)36(27-34(32)40(3)4)48-38(43)33(39)16-8-6-2/h5,17-24,26-27,33H,1,6-16,25H2,2-4H3/t33-/m1/s1. The van der Waals surface area contributed by atoms with Crippen LogP contribution < -0.4 is 19.1 Å². The third kappa shape index (κ3) is 11.8. The average molecular weight is 663 g/mol. The van der Waals surface area contributed by atoms with E-state index in [-0.39, 0.29) is 23.4 Å². The van der Waals surface area contributed by atoms with E-state index in [1.807, 2.05) is 37.3 Å². The molecular weight excluding hydrogens is 615 g/mol. The minimum atomic E-state index is -1.92. The molecule has 3 rings (SSSR count). The number of allylic oxidation sites excluding steroid dienone is 1. The van der Waals surface area contributed by atoms with Gasteiger partial charge >= 0.3 is 17.6 Å². The smallest absolute Gasteiger partial charge is 0.346 e. The lowest BCUT2D eigenvalue weighted by Crippen LogP contribution is -2.23. The molecule has 1 atom stereocenters. The number of carbonyl (C=O) groups excluding carboxylic acids is 2. The highest BCUT2D eigenvalue weighted by atomic mass is 19.1. The number of hydrogen-bond donors (Lipinski definition) is 0. The number of alkyl halides is 1. The molecule has 48 heavy (non-hydrogen) atoms. The van der Waals surface area contributed by atoms with E-state index >= 15 is 0 Å². The van der Waals surface area contributed by atoms with Gasteiger partial charge in [-0.25, -0.2) is 14.0 Å². The molecule has 10 heteroatoms. The van der Waals surface area contributed by atoms with Gasteiger partial charge < -0.3 is 19.1 Å². The van der Waals surface area contributed by atoms with Gasteiger partial charge in [-0.2, -0.15) is 0 Å². The van der Waals surface area contributed by atoms with Crippen LogP contribution in [-0.4, -0.2) is 43.7 Å². The fourth-order valence-electron chi connectivity index (χ4n) is 5.07. The summed E-state index contributed by atoms with van der Waals surface area (Å²) in [5, 5.41) is 11.8. The first kappa shape index (κ1) is 37.7. The van der Waals surface area contributed by atoms with E-state index in [9.17, 15) is 24.1 Å². The van der Waals surface area contributed by atoms with Gasteiger partial charge in [-0.1, -0.05) is 82.2 Å². The van der Waals surface area contributed by atoms with E-state index in [1.54, 1.807) is 38.4 Å². The predicted molar refractivity (Wildman–Crippen MR) is 187 cm³/mol. The van der Waals surface area contributed by atoms with E-state index in [1.165, 1.54) is 43.1 Å². The van der Waals surface area contributed by atoms with Crippen LogP contribution in [0.2, 0.25) is 0 Å². The number of nitrogens with zero attached hydrogens (tertiary/aromatic N) is 2. The van der Waals surface area contributed by atoms with Crippen molar-refractivity contribution in [1.29, 1.82) is 0 Å². The summed E-state index contributed by atoms with van der Waals surface area (Å²) in [4.78, 5) is 38.0. The Labute approximate surface area is 282 Å². The van der Waals surface area contributed by atoms with Crippen LogP contribution in [0, 0.1) is 10.1 Å². The third-order valence-corrected chi connectivity index (χ3v) is 7.83. The lowest BCUT2D eigenvalue weighted by atomic mass is 10.1. The van der Waals surface area contributed by atoms with Gasteiger partial charge in [-0.3, -0.25) is 10.1 Å². The Morgan fingerprint density at radius 1 is 0.875 bits per heavy atom. The summed E-state index contributed by atoms with van der Waals surface area (Å²) in [6.07, 6.45) is 10.7. The normalized spacial score (nSPS) is 11.4. The van der Waals surface area contributed by atoms with Crippen molar-refractivity contribution in [2.75, 3.05) is 25.6 Å². The molecule has 0 aromatic heterocycles. The first-order valence-electron chi connectivity index (χ1n) is 16.7. The molecule has 0 aliphatic heterocycles. The summed E-state index contributed by atoms with van der Waals surface area (Å²) in [7, 11) is 3.23. The van der Waals surface area contributed by atoms with Crippen LogP contribution in [0.15, 0.2) is 73.3 Å². The maximum atomic E-state index is 14.3. The van der Waals surface area contributed by atoms with Crippen LogP contribution in [0.4, 0.5) is 15.8 Å². The van der Waals surface area contributed by atoms with E-state index in [0.29, 0.717) is 19.4 Å². The molecule has 0 bridgehead atoms. The Kier molecular flexibility index (Phi) is 15.6. The van der Waals surface area contributed by atoms with Crippen molar-refractivity contribution in [3.63, 3.8) is 0 Å². The molecule has 0 unspecified atom stereocenters. The zero-order chi connectivity index (χ0) is 34.9. The van der Waals surface area contributed by atoms with Gasteiger partial charge in [0.1, 0.15) is 11.5 Å². The summed E-state index contributed by atoms with van der Waals surface area (Å²) in [5.74, 6) is -1.48. The second-order valence-corrected chi connectivity index (χ2v) is 11.9. The van der Waals surface area contributed by atoms with E-state index in [2.05, 4.69) is 6.58 Å². The van der Waals surface area contributed by atoms with Crippen LogP contribution in [0.25, 0.3) is 11.1 Å². The minimum Gasteiger partial charge on any atom is -0.494 e. The van der Waals surface area contributed by atoms with Crippen LogP contribution in [0.1, 0.15) is 87.9 Å². The fraction of sp³-hybridized carbons (Fsp3) is 0.421. The zero-order valence-corrected chi connectivity index (χ0v) is 28.3. The summed E-state index contributed by atoms with van der Waals surface area (Å²) in [6.45, 7) is 6.29. The summed E-state index contributed by atoms with van der Waals surface area (Å²) < 4.78 is 30.8. The largest absolute Gasteiger partial charge is 0.494 e. The number of rotatable bonds is 21. The monoisotopic (exact) mass is 662 g/mol. The number of carbonyl (C=O) groups is 2. The third-order valence-electron chi connectivity index (χ3n) is 7.83. The van der Waals surface area contributed by atoms with Crippen LogP contribution in [0.5, 0.6) is 17.2 Å². The van der Waals surface area contributed by atoms with Crippen molar-refractivity contribution in [3.05, 3.63) is 89.0 Å². The number of nitro benzene ring substituents is 1. The lowest BCUT2D eigenvalue weighted by molar-refractivity contribution is -0.385. The van der Waals surface area contributed by atoms with Crippen LogP contribution in [0.3, 0.4) is 0 Å². The molecule has 0 aliphatic rings. The van der Waals surface area contributed by atoms with Crippen molar-refractivity contribution >= 4 is 23.3 Å². The Hall–Kier alpha value is -4.73. The Balaban J connectivity index is 1.59. The molecular formula is C38H47FN2O7. The average Bonchev–Trinajstić information content (AvgIpc) is 3.08. The van der Waals surface area contributed by atoms with Crippen LogP contribution >= 0.6 is 0 Å². The molecule has 0 aliphatic carbocycles. The summed E-state index contributed by atoms with van der Waals surface area (Å²) in [6, 6.07) is 16.8. The van der Waals surface area contributed by atoms with Gasteiger partial charge in [-0.15, -0.1) is 6.58 Å². The van der Waals surface area contributed by atoms with Crippen molar-refractivity contribution in [3.8, 4) is 28.4 Å². The topological polar surface area (TPSA) is 108 Å². The van der Waals surface area contributed by atoms with Crippen molar-refractivity contribution in [2.45, 2.75) is 83.7 Å². The number of nitro groups is 1. The second-order valence-electron chi connectivity index (χ2n) is 11.9. The zero-order valence-electron chi connectivity index (χ0n) is 28.3. The van der Waals surface area contributed by atoms with Crippen molar-refractivity contribution in [2.24, 2.45) is 0 Å². The molecule has 0 saturated carbocycles. The molecule has 258 valence electrons. The second kappa shape index (κ2) is 19.8. The Bertz CT molecular complexity index is 1490. The number of anilines is 1. The quantitative estimate of drug-likeness (QED) is 0.0277. The SMILES string of the molecule is C=CCCCCCCCCCOc1ccc(-c2ccc(OC(=O)c3cc([N+](=O)[O-])c(OC(=O)[C@H](F)CCCC)cc3N(C)C)cc2)cc1. The first-order valence-corrected chi connectivity index (χ1v) is 16.7. The fourth-order valence-corrected chi connectivity index (χ4v) is 5.07. The molecule has 9 nitrogen and oxygen atoms in total. The van der Waals surface area contributed by atoms with Crippen LogP contribution in [-0.2, 0) is 4.79 Å². The summed E-state index contributed by atoms with van der Waals surface area (Å²) >= 11 is 0. The number of ether oxygens (including phenoxy) is 3. The maximum absolute atomic E-state index is 14.3. The van der Waals surface area contributed by atoms with Crippen molar-refractivity contribution < 1.29 is 33.1 Å². The highest BCUT2D eigenvalue weighted by molar-refractivity contribution is 5.99. The molecule has 0 heterocycles. The highest BCUT2D eigenvalue weighted by Crippen LogP contribution is 2.36. The van der Waals surface area contributed by atoms with Gasteiger partial charge in [0.2, 0.25) is 5.75 Å². The van der Waals surface area contributed by atoms with E-state index in [4.69, 9.17) is 14.2 Å². The number of esters is 2. The summed E-state index contributed by atoms with van der Waals surface area (Å²) in [5.41, 5.74) is 1.28. The molecule has 0 fully saturated rings. The number of benzene rings is 3. The lowest BCUT2D eigenvalue weighted by Gasteiger charge is -2.18. The van der Waals surface area contributed by atoms with E-state index in [0.717, 1.165) is 42.2 Å². The predicted octanol–water partition coefficient (Wildman–Crippen LogP) is 9.67. The number of unbranched alkanes of at least 4 members (excludes halogenated alkanes) is 8. The number of hydrogen-bond acceptors (Lipinski definition) is 8. The van der Waals surface area contributed by atoms with Gasteiger partial charge in [-0.05, 0) is 61.1 Å². The van der Waals surface area contributed by atoms with Crippen molar-refractivity contribution in [1.82, 2.24) is 0 Å². The molecule has 3 aromatic carbocycles. The van der Waals surface area contributed by atoms with Gasteiger partial charge in [0.05, 0.1) is 22.8 Å². The first-order chi connectivity index (χ1) is 23.1. The molecule has 3 aromatic rings. The Morgan fingerprint density at radius 2 is 1.46 bits per heavy atom. The molecule has 0 spiro atoms. The molecule has 0 N–H and O–H groups in total. The van der Waals surface area contributed by atoms with Gasteiger partial charge in [0, 0.05) is 26.2 Å². The highest BCUT2D eigenvalue weighted by Gasteiger charge is 2.29. The molecule has 0 amide bonds. The maximum Gasteiger partial charge on any atom is 0.346 e. The Morgan fingerprint density at radius 3 is 2.02 bits per heavy atom. The van der Waals surface area contributed by atoms with E-state index < -0.39 is 34.5 Å². The minimum absolute atomic E-state index is 0.0513. The van der Waals surface area contributed by atoms with Gasteiger partial charge in [0.15, 0.2) is 6.17 Å². The van der Waals surface area contributed by atoms with Gasteiger partial charge in [0.25, 0.3) is 0 Å². The molecule has 0 radical (unpaired) electrons.